The van der Waals surface area contributed by atoms with Crippen LogP contribution in [0.5, 0.6) is 0 Å². The fourth-order valence-corrected chi connectivity index (χ4v) is 3.61. The van der Waals surface area contributed by atoms with Crippen molar-refractivity contribution in [3.8, 4) is 0 Å². The van der Waals surface area contributed by atoms with Gasteiger partial charge in [-0.2, -0.15) is 0 Å². The minimum absolute atomic E-state index is 0.118. The molecule has 0 spiro atoms. The van der Waals surface area contributed by atoms with Crippen LogP contribution in [0.15, 0.2) is 0 Å². The van der Waals surface area contributed by atoms with Crippen LogP contribution in [0.1, 0.15) is 57.6 Å². The standard InChI is InChI=1S/C15H25N3OS/c1-3-4-5-11-6-8-12(9-7-11)14(19)18-15-17-10(2)13(16)20-15/h11-12H,3-9,16H2,1-2H3,(H,17,18,19). The maximum absolute atomic E-state index is 12.2. The highest BCUT2D eigenvalue weighted by molar-refractivity contribution is 7.19. The van der Waals surface area contributed by atoms with Gasteiger partial charge >= 0.3 is 0 Å². The first kappa shape index (κ1) is 15.3. The van der Waals surface area contributed by atoms with Crippen LogP contribution in [0.3, 0.4) is 0 Å². The van der Waals surface area contributed by atoms with Crippen LogP contribution in [-0.2, 0) is 4.79 Å². The monoisotopic (exact) mass is 295 g/mol. The topological polar surface area (TPSA) is 68.0 Å². The van der Waals surface area contributed by atoms with E-state index < -0.39 is 0 Å². The molecule has 1 amide bonds. The largest absolute Gasteiger partial charge is 0.389 e. The summed E-state index contributed by atoms with van der Waals surface area (Å²) in [6, 6.07) is 0. The molecule has 1 heterocycles. The van der Waals surface area contributed by atoms with Gasteiger partial charge in [-0.15, -0.1) is 0 Å². The van der Waals surface area contributed by atoms with Crippen LogP contribution >= 0.6 is 11.3 Å². The van der Waals surface area contributed by atoms with Gasteiger partial charge in [0.1, 0.15) is 5.00 Å². The number of carbonyl (C=O) groups is 1. The molecule has 0 aliphatic heterocycles. The number of amides is 1. The number of hydrogen-bond donors (Lipinski definition) is 2. The van der Waals surface area contributed by atoms with E-state index in [1.54, 1.807) is 0 Å². The van der Waals surface area contributed by atoms with Crippen LogP contribution in [0.4, 0.5) is 10.1 Å². The molecule has 1 aromatic heterocycles. The fourth-order valence-electron chi connectivity index (χ4n) is 2.88. The second-order valence-electron chi connectivity index (χ2n) is 5.82. The predicted octanol–water partition coefficient (Wildman–Crippen LogP) is 3.97. The lowest BCUT2D eigenvalue weighted by Crippen LogP contribution is -2.27. The number of rotatable bonds is 5. The van der Waals surface area contributed by atoms with Crippen molar-refractivity contribution >= 4 is 27.4 Å². The number of nitrogens with two attached hydrogens (primary N) is 1. The molecule has 5 heteroatoms. The molecule has 1 aliphatic rings. The molecule has 0 aromatic carbocycles. The van der Waals surface area contributed by atoms with Crippen molar-refractivity contribution in [1.29, 1.82) is 0 Å². The Morgan fingerprint density at radius 3 is 2.65 bits per heavy atom. The van der Waals surface area contributed by atoms with Crippen molar-refractivity contribution in [1.82, 2.24) is 4.98 Å². The van der Waals surface area contributed by atoms with Crippen molar-refractivity contribution in [2.75, 3.05) is 11.1 Å². The number of thiazole rings is 1. The van der Waals surface area contributed by atoms with E-state index in [0.29, 0.717) is 10.1 Å². The first-order valence-corrected chi connectivity index (χ1v) is 8.45. The van der Waals surface area contributed by atoms with Gasteiger partial charge in [0, 0.05) is 5.92 Å². The Labute approximate surface area is 125 Å². The Morgan fingerprint density at radius 1 is 1.40 bits per heavy atom. The van der Waals surface area contributed by atoms with Gasteiger partial charge in [0.2, 0.25) is 5.91 Å². The Morgan fingerprint density at radius 2 is 2.10 bits per heavy atom. The molecule has 0 atom stereocenters. The van der Waals surface area contributed by atoms with Crippen LogP contribution < -0.4 is 11.1 Å². The van der Waals surface area contributed by atoms with E-state index in [1.807, 2.05) is 6.92 Å². The number of nitrogen functional groups attached to an aromatic ring is 1. The quantitative estimate of drug-likeness (QED) is 0.863. The molecule has 1 aromatic rings. The van der Waals surface area contributed by atoms with Crippen LogP contribution in [0.2, 0.25) is 0 Å². The van der Waals surface area contributed by atoms with Crippen molar-refractivity contribution in [2.24, 2.45) is 11.8 Å². The zero-order chi connectivity index (χ0) is 14.5. The van der Waals surface area contributed by atoms with Crippen molar-refractivity contribution in [3.05, 3.63) is 5.69 Å². The lowest BCUT2D eigenvalue weighted by Gasteiger charge is -2.27. The number of aromatic nitrogens is 1. The van der Waals surface area contributed by atoms with Crippen molar-refractivity contribution < 1.29 is 4.79 Å². The third-order valence-corrected chi connectivity index (χ3v) is 5.15. The molecule has 0 bridgehead atoms. The number of aryl methyl sites for hydroxylation is 1. The summed E-state index contributed by atoms with van der Waals surface area (Å²) in [5.41, 5.74) is 6.56. The number of unbranched alkanes of at least 4 members (excludes halogenated alkanes) is 1. The highest BCUT2D eigenvalue weighted by Gasteiger charge is 2.26. The van der Waals surface area contributed by atoms with Gasteiger partial charge in [0.15, 0.2) is 5.13 Å². The maximum atomic E-state index is 12.2. The van der Waals surface area contributed by atoms with Gasteiger partial charge in [-0.3, -0.25) is 4.79 Å². The van der Waals surface area contributed by atoms with Crippen molar-refractivity contribution in [3.63, 3.8) is 0 Å². The van der Waals surface area contributed by atoms with Crippen LogP contribution in [0.25, 0.3) is 0 Å². The highest BCUT2D eigenvalue weighted by atomic mass is 32.1. The zero-order valence-corrected chi connectivity index (χ0v) is 13.3. The number of carbonyl (C=O) groups excluding carboxylic acids is 1. The predicted molar refractivity (Wildman–Crippen MR) is 84.9 cm³/mol. The minimum atomic E-state index is 0.118. The third-order valence-electron chi connectivity index (χ3n) is 4.25. The summed E-state index contributed by atoms with van der Waals surface area (Å²) in [5.74, 6) is 1.10. The van der Waals surface area contributed by atoms with Gasteiger partial charge in [-0.25, -0.2) is 4.98 Å². The first-order chi connectivity index (χ1) is 9.60. The van der Waals surface area contributed by atoms with E-state index in [0.717, 1.165) is 24.5 Å². The number of anilines is 2. The lowest BCUT2D eigenvalue weighted by molar-refractivity contribution is -0.121. The van der Waals surface area contributed by atoms with E-state index in [2.05, 4.69) is 17.2 Å². The summed E-state index contributed by atoms with van der Waals surface area (Å²) in [7, 11) is 0. The molecule has 3 N–H and O–H groups in total. The van der Waals surface area contributed by atoms with E-state index in [9.17, 15) is 4.79 Å². The van der Waals surface area contributed by atoms with E-state index >= 15 is 0 Å². The highest BCUT2D eigenvalue weighted by Crippen LogP contribution is 2.33. The molecule has 112 valence electrons. The van der Waals surface area contributed by atoms with Gasteiger partial charge in [-0.05, 0) is 38.5 Å². The van der Waals surface area contributed by atoms with Gasteiger partial charge in [0.25, 0.3) is 0 Å². The Kier molecular flexibility index (Phi) is 5.40. The second-order valence-corrected chi connectivity index (χ2v) is 6.85. The minimum Gasteiger partial charge on any atom is -0.389 e. The summed E-state index contributed by atoms with van der Waals surface area (Å²) in [6.45, 7) is 4.10. The van der Waals surface area contributed by atoms with E-state index in [4.69, 9.17) is 5.73 Å². The summed E-state index contributed by atoms with van der Waals surface area (Å²) in [4.78, 5) is 16.5. The molecule has 1 saturated carbocycles. The lowest BCUT2D eigenvalue weighted by atomic mass is 9.79. The molecular formula is C15H25N3OS. The zero-order valence-electron chi connectivity index (χ0n) is 12.4. The molecule has 1 fully saturated rings. The van der Waals surface area contributed by atoms with Gasteiger partial charge < -0.3 is 11.1 Å². The first-order valence-electron chi connectivity index (χ1n) is 7.64. The average molecular weight is 295 g/mol. The molecule has 0 saturated heterocycles. The molecule has 0 radical (unpaired) electrons. The molecule has 20 heavy (non-hydrogen) atoms. The second kappa shape index (κ2) is 7.07. The summed E-state index contributed by atoms with van der Waals surface area (Å²) in [5, 5.41) is 4.24. The summed E-state index contributed by atoms with van der Waals surface area (Å²) < 4.78 is 0. The normalized spacial score (nSPS) is 22.7. The Balaban J connectivity index is 1.80. The summed E-state index contributed by atoms with van der Waals surface area (Å²) >= 11 is 1.35. The van der Waals surface area contributed by atoms with Crippen LogP contribution in [0, 0.1) is 18.8 Å². The van der Waals surface area contributed by atoms with Crippen molar-refractivity contribution in [2.45, 2.75) is 58.8 Å². The molecule has 0 unspecified atom stereocenters. The van der Waals surface area contributed by atoms with Gasteiger partial charge in [-0.1, -0.05) is 37.5 Å². The molecular weight excluding hydrogens is 270 g/mol. The smallest absolute Gasteiger partial charge is 0.229 e. The average Bonchev–Trinajstić information content (AvgIpc) is 2.75. The van der Waals surface area contributed by atoms with E-state index in [1.165, 1.54) is 43.4 Å². The van der Waals surface area contributed by atoms with E-state index in [-0.39, 0.29) is 11.8 Å². The SMILES string of the molecule is CCCCC1CCC(C(=O)Nc2nc(C)c(N)s2)CC1. The van der Waals surface area contributed by atoms with Gasteiger partial charge in [0.05, 0.1) is 5.69 Å². The Bertz CT molecular complexity index is 430. The number of nitrogens with one attached hydrogen (secondary N) is 1. The molecule has 1 aliphatic carbocycles. The molecule has 2 rings (SSSR count). The summed E-state index contributed by atoms with van der Waals surface area (Å²) in [6.07, 6.45) is 8.33. The maximum Gasteiger partial charge on any atom is 0.229 e. The Hall–Kier alpha value is -1.10. The third kappa shape index (κ3) is 3.95. The van der Waals surface area contributed by atoms with Crippen LogP contribution in [-0.4, -0.2) is 10.9 Å². The molecule has 4 nitrogen and oxygen atoms in total. The number of hydrogen-bond acceptors (Lipinski definition) is 4. The fraction of sp³-hybridized carbons (Fsp3) is 0.733. The number of nitrogens with zero attached hydrogens (tertiary/aromatic N) is 1.